The van der Waals surface area contributed by atoms with Crippen molar-refractivity contribution >= 4 is 5.91 Å². The number of carbonyl (C=O) groups is 1. The Morgan fingerprint density at radius 1 is 1.57 bits per heavy atom. The van der Waals surface area contributed by atoms with Gasteiger partial charge < -0.3 is 10.2 Å². The fraction of sp³-hybridized carbons (Fsp3) is 0.800. The third-order valence-corrected chi connectivity index (χ3v) is 2.46. The van der Waals surface area contributed by atoms with Crippen LogP contribution in [0.2, 0.25) is 0 Å². The van der Waals surface area contributed by atoms with E-state index in [-0.39, 0.29) is 5.91 Å². The number of rotatable bonds is 3. The fourth-order valence-corrected chi connectivity index (χ4v) is 1.64. The first kappa shape index (κ1) is 11.0. The number of nitrogens with zero attached hydrogens (tertiary/aromatic N) is 2. The average molecular weight is 195 g/mol. The minimum absolute atomic E-state index is 0.0100. The van der Waals surface area contributed by atoms with E-state index < -0.39 is 5.92 Å². The minimum atomic E-state index is -0.432. The van der Waals surface area contributed by atoms with Crippen LogP contribution >= 0.6 is 0 Å². The Balaban J connectivity index is 2.48. The molecule has 4 heteroatoms. The molecule has 1 unspecified atom stereocenters. The summed E-state index contributed by atoms with van der Waals surface area (Å²) >= 11 is 0. The summed E-state index contributed by atoms with van der Waals surface area (Å²) in [6.45, 7) is 5.16. The predicted octanol–water partition coefficient (Wildman–Crippen LogP) is 0.358. The molecule has 0 aliphatic carbocycles. The van der Waals surface area contributed by atoms with Gasteiger partial charge in [-0.2, -0.15) is 5.26 Å². The highest BCUT2D eigenvalue weighted by atomic mass is 16.2. The lowest BCUT2D eigenvalue weighted by Crippen LogP contribution is -2.48. The normalized spacial score (nSPS) is 18.7. The van der Waals surface area contributed by atoms with Crippen molar-refractivity contribution in [2.45, 2.75) is 19.8 Å². The Morgan fingerprint density at radius 2 is 2.21 bits per heavy atom. The van der Waals surface area contributed by atoms with E-state index in [1.165, 1.54) is 0 Å². The van der Waals surface area contributed by atoms with Gasteiger partial charge in [0.05, 0.1) is 6.07 Å². The van der Waals surface area contributed by atoms with Gasteiger partial charge in [-0.25, -0.2) is 0 Å². The number of hydrogen-bond acceptors (Lipinski definition) is 3. The monoisotopic (exact) mass is 195 g/mol. The standard InChI is InChI=1S/C10H17N3O/c1-2-3-9(8-11)10(14)13-6-4-12-5-7-13/h9,12H,2-7H2,1H3. The van der Waals surface area contributed by atoms with Crippen LogP contribution in [-0.2, 0) is 4.79 Å². The van der Waals surface area contributed by atoms with E-state index >= 15 is 0 Å². The molecule has 1 aliphatic heterocycles. The summed E-state index contributed by atoms with van der Waals surface area (Å²) in [5, 5.41) is 12.0. The molecule has 4 nitrogen and oxygen atoms in total. The fourth-order valence-electron chi connectivity index (χ4n) is 1.64. The summed E-state index contributed by atoms with van der Waals surface area (Å²) in [5.41, 5.74) is 0. The number of nitriles is 1. The second-order valence-electron chi connectivity index (χ2n) is 3.55. The van der Waals surface area contributed by atoms with Crippen LogP contribution in [0.3, 0.4) is 0 Å². The predicted molar refractivity (Wildman–Crippen MR) is 53.5 cm³/mol. The summed E-state index contributed by atoms with van der Waals surface area (Å²) in [6, 6.07) is 2.09. The van der Waals surface area contributed by atoms with Crippen LogP contribution in [0.25, 0.3) is 0 Å². The molecule has 1 atom stereocenters. The van der Waals surface area contributed by atoms with Gasteiger partial charge in [0.15, 0.2) is 0 Å². The maximum Gasteiger partial charge on any atom is 0.240 e. The van der Waals surface area contributed by atoms with Crippen molar-refractivity contribution < 1.29 is 4.79 Å². The van der Waals surface area contributed by atoms with Gasteiger partial charge in [-0.15, -0.1) is 0 Å². The van der Waals surface area contributed by atoms with Crippen LogP contribution in [0.1, 0.15) is 19.8 Å². The van der Waals surface area contributed by atoms with Gasteiger partial charge in [-0.3, -0.25) is 4.79 Å². The summed E-state index contributed by atoms with van der Waals surface area (Å²) in [7, 11) is 0. The third-order valence-electron chi connectivity index (χ3n) is 2.46. The van der Waals surface area contributed by atoms with Gasteiger partial charge in [0.2, 0.25) is 5.91 Å². The van der Waals surface area contributed by atoms with Crippen molar-refractivity contribution in [3.8, 4) is 6.07 Å². The van der Waals surface area contributed by atoms with Crippen molar-refractivity contribution in [1.29, 1.82) is 5.26 Å². The Bertz CT molecular complexity index is 228. The Hall–Kier alpha value is -1.08. The SMILES string of the molecule is CCCC(C#N)C(=O)N1CCNCC1. The van der Waals surface area contributed by atoms with E-state index in [0.717, 1.165) is 32.6 Å². The van der Waals surface area contributed by atoms with Gasteiger partial charge >= 0.3 is 0 Å². The molecule has 0 aromatic heterocycles. The number of piperazine rings is 1. The Morgan fingerprint density at radius 3 is 2.71 bits per heavy atom. The molecule has 78 valence electrons. The number of carbonyl (C=O) groups excluding carboxylic acids is 1. The summed E-state index contributed by atoms with van der Waals surface area (Å²) in [4.78, 5) is 13.6. The van der Waals surface area contributed by atoms with Crippen LogP contribution in [0.5, 0.6) is 0 Å². The van der Waals surface area contributed by atoms with Gasteiger partial charge in [-0.1, -0.05) is 13.3 Å². The average Bonchev–Trinajstić information content (AvgIpc) is 2.26. The molecule has 0 saturated carbocycles. The first-order valence-corrected chi connectivity index (χ1v) is 5.18. The summed E-state index contributed by atoms with van der Waals surface area (Å²) < 4.78 is 0. The van der Waals surface area contributed by atoms with E-state index in [0.29, 0.717) is 6.42 Å². The molecule has 14 heavy (non-hydrogen) atoms. The van der Waals surface area contributed by atoms with Crippen LogP contribution in [0, 0.1) is 17.2 Å². The molecule has 1 N–H and O–H groups in total. The molecule has 0 radical (unpaired) electrons. The van der Waals surface area contributed by atoms with Crippen LogP contribution in [0.4, 0.5) is 0 Å². The van der Waals surface area contributed by atoms with E-state index in [1.807, 2.05) is 6.92 Å². The van der Waals surface area contributed by atoms with Crippen molar-refractivity contribution in [3.63, 3.8) is 0 Å². The molecule has 0 bridgehead atoms. The molecule has 1 amide bonds. The van der Waals surface area contributed by atoms with Crippen LogP contribution in [0.15, 0.2) is 0 Å². The molecule has 1 saturated heterocycles. The summed E-state index contributed by atoms with van der Waals surface area (Å²) in [5.74, 6) is -0.422. The molecule has 1 heterocycles. The van der Waals surface area contributed by atoms with E-state index in [1.54, 1.807) is 4.90 Å². The molecular formula is C10H17N3O. The third kappa shape index (κ3) is 2.71. The minimum Gasteiger partial charge on any atom is -0.339 e. The number of hydrogen-bond donors (Lipinski definition) is 1. The molecular weight excluding hydrogens is 178 g/mol. The van der Waals surface area contributed by atoms with Crippen LogP contribution in [-0.4, -0.2) is 37.0 Å². The Labute approximate surface area is 84.9 Å². The quantitative estimate of drug-likeness (QED) is 0.707. The van der Waals surface area contributed by atoms with Crippen molar-refractivity contribution in [3.05, 3.63) is 0 Å². The largest absolute Gasteiger partial charge is 0.339 e. The first-order valence-electron chi connectivity index (χ1n) is 5.18. The maximum atomic E-state index is 11.8. The van der Waals surface area contributed by atoms with Crippen molar-refractivity contribution in [2.75, 3.05) is 26.2 Å². The molecule has 1 rings (SSSR count). The smallest absolute Gasteiger partial charge is 0.240 e. The second-order valence-corrected chi connectivity index (χ2v) is 3.55. The zero-order chi connectivity index (χ0) is 10.4. The summed E-state index contributed by atoms with van der Waals surface area (Å²) in [6.07, 6.45) is 1.56. The topological polar surface area (TPSA) is 56.1 Å². The van der Waals surface area contributed by atoms with E-state index in [4.69, 9.17) is 5.26 Å². The molecule has 1 fully saturated rings. The lowest BCUT2D eigenvalue weighted by molar-refractivity contribution is -0.134. The highest BCUT2D eigenvalue weighted by Crippen LogP contribution is 2.10. The number of nitrogens with one attached hydrogen (secondary N) is 1. The van der Waals surface area contributed by atoms with Gasteiger partial charge in [0.25, 0.3) is 0 Å². The van der Waals surface area contributed by atoms with E-state index in [9.17, 15) is 4.79 Å². The zero-order valence-corrected chi connectivity index (χ0v) is 8.62. The first-order chi connectivity index (χ1) is 6.79. The highest BCUT2D eigenvalue weighted by Gasteiger charge is 2.24. The molecule has 1 aliphatic rings. The van der Waals surface area contributed by atoms with Crippen LogP contribution < -0.4 is 5.32 Å². The second kappa shape index (κ2) is 5.61. The molecule has 0 aromatic carbocycles. The number of amides is 1. The lowest BCUT2D eigenvalue weighted by atomic mass is 10.0. The highest BCUT2D eigenvalue weighted by molar-refractivity contribution is 5.81. The Kier molecular flexibility index (Phi) is 4.41. The van der Waals surface area contributed by atoms with Crippen molar-refractivity contribution in [1.82, 2.24) is 10.2 Å². The van der Waals surface area contributed by atoms with E-state index in [2.05, 4.69) is 11.4 Å². The van der Waals surface area contributed by atoms with Crippen molar-refractivity contribution in [2.24, 2.45) is 5.92 Å². The van der Waals surface area contributed by atoms with Gasteiger partial charge in [0.1, 0.15) is 5.92 Å². The molecule has 0 aromatic rings. The zero-order valence-electron chi connectivity index (χ0n) is 8.62. The molecule has 0 spiro atoms. The van der Waals surface area contributed by atoms with Gasteiger partial charge in [0, 0.05) is 26.2 Å². The lowest BCUT2D eigenvalue weighted by Gasteiger charge is -2.28. The van der Waals surface area contributed by atoms with Gasteiger partial charge in [-0.05, 0) is 6.42 Å². The maximum absolute atomic E-state index is 11.8.